The molecule has 5 heteroatoms. The number of likely N-dealkylation sites (tertiary alicyclic amines) is 1. The van der Waals surface area contributed by atoms with Crippen molar-refractivity contribution in [2.45, 2.75) is 58.5 Å². The summed E-state index contributed by atoms with van der Waals surface area (Å²) in [6.45, 7) is 9.96. The van der Waals surface area contributed by atoms with E-state index in [0.29, 0.717) is 18.3 Å². The van der Waals surface area contributed by atoms with Crippen LogP contribution in [0.15, 0.2) is 0 Å². The van der Waals surface area contributed by atoms with Crippen molar-refractivity contribution in [1.29, 1.82) is 0 Å². The molecule has 2 fully saturated rings. The first kappa shape index (κ1) is 18.0. The van der Waals surface area contributed by atoms with Gasteiger partial charge in [0.15, 0.2) is 0 Å². The monoisotopic (exact) mass is 298 g/mol. The lowest BCUT2D eigenvalue weighted by Gasteiger charge is -2.32. The fourth-order valence-electron chi connectivity index (χ4n) is 2.59. The molecular weight excluding hydrogens is 268 g/mol. The van der Waals surface area contributed by atoms with Crippen LogP contribution >= 0.6 is 0 Å². The van der Waals surface area contributed by atoms with E-state index in [9.17, 15) is 9.59 Å². The molecule has 0 saturated carbocycles. The second-order valence-corrected chi connectivity index (χ2v) is 6.74. The summed E-state index contributed by atoms with van der Waals surface area (Å²) in [5, 5.41) is 3.30. The van der Waals surface area contributed by atoms with Crippen LogP contribution in [0, 0.1) is 5.92 Å². The maximum Gasteiger partial charge on any atom is 0.293 e. The lowest BCUT2D eigenvalue weighted by Crippen LogP contribution is -2.43. The smallest absolute Gasteiger partial charge is 0.293 e. The fourth-order valence-corrected chi connectivity index (χ4v) is 2.59. The number of carbonyl (C=O) groups is 2. The van der Waals surface area contributed by atoms with Gasteiger partial charge in [0.1, 0.15) is 5.60 Å². The van der Waals surface area contributed by atoms with Gasteiger partial charge in [-0.1, -0.05) is 0 Å². The fraction of sp³-hybridized carbons (Fsp3) is 0.875. The van der Waals surface area contributed by atoms with Crippen molar-refractivity contribution in [3.05, 3.63) is 0 Å². The minimum absolute atomic E-state index is 0.314. The second kappa shape index (κ2) is 9.03. The third-order valence-corrected chi connectivity index (χ3v) is 3.76. The Balaban J connectivity index is 0.000000270. The van der Waals surface area contributed by atoms with E-state index in [1.54, 1.807) is 0 Å². The molecule has 2 aliphatic rings. The lowest BCUT2D eigenvalue weighted by molar-refractivity contribution is -0.139. The van der Waals surface area contributed by atoms with E-state index in [4.69, 9.17) is 0 Å². The SMILES string of the molecule is CC(C)(C)OC=O.O=C(C1CCNCC1)N1CCCCC1. The van der Waals surface area contributed by atoms with Crippen molar-refractivity contribution in [1.82, 2.24) is 10.2 Å². The number of nitrogens with zero attached hydrogens (tertiary/aromatic N) is 1. The summed E-state index contributed by atoms with van der Waals surface area (Å²) >= 11 is 0. The molecule has 2 aliphatic heterocycles. The zero-order valence-electron chi connectivity index (χ0n) is 13.7. The van der Waals surface area contributed by atoms with Gasteiger partial charge in [0, 0.05) is 19.0 Å². The molecule has 0 unspecified atom stereocenters. The van der Waals surface area contributed by atoms with E-state index in [2.05, 4.69) is 15.0 Å². The van der Waals surface area contributed by atoms with E-state index in [-0.39, 0.29) is 5.60 Å². The van der Waals surface area contributed by atoms with Gasteiger partial charge in [0.05, 0.1) is 0 Å². The number of carbonyl (C=O) groups excluding carboxylic acids is 2. The topological polar surface area (TPSA) is 58.6 Å². The maximum atomic E-state index is 12.1. The van der Waals surface area contributed by atoms with Crippen molar-refractivity contribution in [3.8, 4) is 0 Å². The molecule has 0 aromatic carbocycles. The van der Waals surface area contributed by atoms with Gasteiger partial charge in [-0.2, -0.15) is 0 Å². The van der Waals surface area contributed by atoms with E-state index in [1.807, 2.05) is 20.8 Å². The summed E-state index contributed by atoms with van der Waals surface area (Å²) in [5.41, 5.74) is -0.318. The van der Waals surface area contributed by atoms with Gasteiger partial charge >= 0.3 is 0 Å². The first-order chi connectivity index (χ1) is 9.94. The highest BCUT2D eigenvalue weighted by Crippen LogP contribution is 2.18. The molecule has 0 spiro atoms. The van der Waals surface area contributed by atoms with Gasteiger partial charge in [-0.05, 0) is 66.0 Å². The Bertz CT molecular complexity index is 294. The Morgan fingerprint density at radius 2 is 1.71 bits per heavy atom. The molecular formula is C16H30N2O3. The molecule has 2 saturated heterocycles. The van der Waals surface area contributed by atoms with Crippen molar-refractivity contribution in [2.75, 3.05) is 26.2 Å². The zero-order valence-corrected chi connectivity index (χ0v) is 13.7. The number of ether oxygens (including phenoxy) is 1. The van der Waals surface area contributed by atoms with Crippen molar-refractivity contribution in [2.24, 2.45) is 5.92 Å². The number of rotatable bonds is 2. The first-order valence-corrected chi connectivity index (χ1v) is 8.05. The number of hydrogen-bond donors (Lipinski definition) is 1. The highest BCUT2D eigenvalue weighted by atomic mass is 16.5. The average molecular weight is 298 g/mol. The van der Waals surface area contributed by atoms with Crippen molar-refractivity contribution in [3.63, 3.8) is 0 Å². The molecule has 0 radical (unpaired) electrons. The summed E-state index contributed by atoms with van der Waals surface area (Å²) in [4.78, 5) is 23.7. The Hall–Kier alpha value is -1.10. The van der Waals surface area contributed by atoms with Crippen molar-refractivity contribution >= 4 is 12.4 Å². The van der Waals surface area contributed by atoms with Crippen LogP contribution in [-0.2, 0) is 14.3 Å². The molecule has 1 amide bonds. The molecule has 0 bridgehead atoms. The maximum absolute atomic E-state index is 12.1. The largest absolute Gasteiger partial charge is 0.462 e. The van der Waals surface area contributed by atoms with Crippen LogP contribution in [0.5, 0.6) is 0 Å². The molecule has 0 atom stereocenters. The lowest BCUT2D eigenvalue weighted by atomic mass is 9.95. The molecule has 122 valence electrons. The van der Waals surface area contributed by atoms with Gasteiger partial charge in [-0.25, -0.2) is 0 Å². The Labute approximate surface area is 128 Å². The van der Waals surface area contributed by atoms with E-state index in [0.717, 1.165) is 39.0 Å². The summed E-state index contributed by atoms with van der Waals surface area (Å²) in [7, 11) is 0. The summed E-state index contributed by atoms with van der Waals surface area (Å²) < 4.78 is 4.55. The van der Waals surface area contributed by atoms with E-state index >= 15 is 0 Å². The Kier molecular flexibility index (Phi) is 7.72. The molecule has 5 nitrogen and oxygen atoms in total. The van der Waals surface area contributed by atoms with Crippen LogP contribution in [0.1, 0.15) is 52.9 Å². The first-order valence-electron chi connectivity index (χ1n) is 8.05. The molecule has 2 heterocycles. The average Bonchev–Trinajstić information content (AvgIpc) is 2.48. The Morgan fingerprint density at radius 3 is 2.14 bits per heavy atom. The number of amides is 1. The molecule has 0 aromatic heterocycles. The third-order valence-electron chi connectivity index (χ3n) is 3.76. The van der Waals surface area contributed by atoms with Crippen LogP contribution in [0.2, 0.25) is 0 Å². The van der Waals surface area contributed by atoms with Crippen LogP contribution in [0.3, 0.4) is 0 Å². The zero-order chi connectivity index (χ0) is 15.7. The van der Waals surface area contributed by atoms with Crippen molar-refractivity contribution < 1.29 is 14.3 Å². The van der Waals surface area contributed by atoms with Crippen LogP contribution in [0.4, 0.5) is 0 Å². The summed E-state index contributed by atoms with van der Waals surface area (Å²) in [6, 6.07) is 0. The van der Waals surface area contributed by atoms with E-state index < -0.39 is 0 Å². The highest BCUT2D eigenvalue weighted by Gasteiger charge is 2.26. The highest BCUT2D eigenvalue weighted by molar-refractivity contribution is 5.79. The Morgan fingerprint density at radius 1 is 1.14 bits per heavy atom. The van der Waals surface area contributed by atoms with Crippen LogP contribution in [-0.4, -0.2) is 49.1 Å². The van der Waals surface area contributed by atoms with Gasteiger partial charge < -0.3 is 15.0 Å². The van der Waals surface area contributed by atoms with E-state index in [1.165, 1.54) is 19.3 Å². The molecule has 0 aromatic rings. The van der Waals surface area contributed by atoms with Crippen LogP contribution in [0.25, 0.3) is 0 Å². The molecule has 21 heavy (non-hydrogen) atoms. The standard InChI is InChI=1S/C11H20N2O.C5H10O2/c14-11(10-4-6-12-7-5-10)13-8-2-1-3-9-13;1-5(2,3)7-4-6/h10,12H,1-9H2;4H,1-3H3. The summed E-state index contributed by atoms with van der Waals surface area (Å²) in [5.74, 6) is 0.737. The quantitative estimate of drug-likeness (QED) is 0.792. The minimum atomic E-state index is -0.318. The molecule has 0 aliphatic carbocycles. The number of hydrogen-bond acceptors (Lipinski definition) is 4. The van der Waals surface area contributed by atoms with Gasteiger partial charge in [0.2, 0.25) is 5.91 Å². The third kappa shape index (κ3) is 7.46. The second-order valence-electron chi connectivity index (χ2n) is 6.74. The van der Waals surface area contributed by atoms with Gasteiger partial charge in [-0.3, -0.25) is 9.59 Å². The van der Waals surface area contributed by atoms with Gasteiger partial charge in [0.25, 0.3) is 6.47 Å². The number of piperidine rings is 2. The predicted molar refractivity (Wildman–Crippen MR) is 82.9 cm³/mol. The van der Waals surface area contributed by atoms with Crippen LogP contribution < -0.4 is 5.32 Å². The normalized spacial score (nSPS) is 20.2. The van der Waals surface area contributed by atoms with Gasteiger partial charge in [-0.15, -0.1) is 0 Å². The summed E-state index contributed by atoms with van der Waals surface area (Å²) in [6.07, 6.45) is 5.79. The molecule has 1 N–H and O–H groups in total. The molecule has 2 rings (SSSR count). The predicted octanol–water partition coefficient (Wildman–Crippen LogP) is 1.96. The minimum Gasteiger partial charge on any atom is -0.462 e. The number of nitrogens with one attached hydrogen (secondary N) is 1.